The fourth-order valence-corrected chi connectivity index (χ4v) is 1.86. The fraction of sp³-hybridized carbons (Fsp3) is 0.217. The van der Waals surface area contributed by atoms with Crippen molar-refractivity contribution in [3.8, 4) is 0 Å². The van der Waals surface area contributed by atoms with Gasteiger partial charge in [0.1, 0.15) is 0 Å². The van der Waals surface area contributed by atoms with Crippen molar-refractivity contribution < 1.29 is 0 Å². The summed E-state index contributed by atoms with van der Waals surface area (Å²) in [5.41, 5.74) is 6.79. The fourth-order valence-electron chi connectivity index (χ4n) is 1.86. The molecule has 0 fully saturated rings. The second-order valence-electron chi connectivity index (χ2n) is 5.82. The van der Waals surface area contributed by atoms with Crippen LogP contribution in [0.4, 0.5) is 0 Å². The van der Waals surface area contributed by atoms with E-state index in [1.165, 1.54) is 27.8 Å². The molecule has 0 saturated carbocycles. The van der Waals surface area contributed by atoms with Crippen LogP contribution < -0.4 is 0 Å². The molecule has 0 aliphatic heterocycles. The first kappa shape index (κ1) is 18.7. The first-order valence-corrected chi connectivity index (χ1v) is 8.07. The maximum atomic E-state index is 2.12. The third kappa shape index (κ3) is 8.01. The molecule has 0 bridgehead atoms. The van der Waals surface area contributed by atoms with Crippen molar-refractivity contribution in [2.24, 2.45) is 0 Å². The predicted octanol–water partition coefficient (Wildman–Crippen LogP) is 6.60. The van der Waals surface area contributed by atoms with Gasteiger partial charge < -0.3 is 0 Å². The highest BCUT2D eigenvalue weighted by molar-refractivity contribution is 5.24. The molecule has 3 aromatic carbocycles. The Labute approximate surface area is 141 Å². The molecule has 0 amide bonds. The van der Waals surface area contributed by atoms with E-state index in [1.54, 1.807) is 0 Å². The van der Waals surface area contributed by atoms with E-state index in [2.05, 4.69) is 95.3 Å². The number of hydrogen-bond donors (Lipinski definition) is 0. The molecule has 0 saturated heterocycles. The van der Waals surface area contributed by atoms with Gasteiger partial charge in [-0.25, -0.2) is 0 Å². The Bertz CT molecular complexity index is 596. The SMILES string of the molecule is Cc1ccccc1.Cc1ccccc1C.Cc1ccccc1C. The van der Waals surface area contributed by atoms with E-state index in [0.29, 0.717) is 0 Å². The van der Waals surface area contributed by atoms with Gasteiger partial charge in [-0.3, -0.25) is 0 Å². The van der Waals surface area contributed by atoms with E-state index >= 15 is 0 Å². The third-order valence-corrected chi connectivity index (χ3v) is 3.79. The van der Waals surface area contributed by atoms with Crippen molar-refractivity contribution in [2.45, 2.75) is 34.6 Å². The lowest BCUT2D eigenvalue weighted by molar-refractivity contribution is 1.34. The Morgan fingerprint density at radius 2 is 0.609 bits per heavy atom. The average molecular weight is 304 g/mol. The minimum absolute atomic E-state index is 1.32. The normalized spacial score (nSPS) is 9.09. The smallest absolute Gasteiger partial charge is 0.0395 e. The van der Waals surface area contributed by atoms with Crippen LogP contribution in [0.25, 0.3) is 0 Å². The monoisotopic (exact) mass is 304 g/mol. The lowest BCUT2D eigenvalue weighted by atomic mass is 10.1. The Morgan fingerprint density at radius 1 is 0.348 bits per heavy atom. The van der Waals surface area contributed by atoms with Crippen molar-refractivity contribution in [1.29, 1.82) is 0 Å². The van der Waals surface area contributed by atoms with Gasteiger partial charge in [-0.05, 0) is 56.9 Å². The Hall–Kier alpha value is -2.34. The zero-order chi connectivity index (χ0) is 17.1. The molecule has 0 nitrogen and oxygen atoms in total. The van der Waals surface area contributed by atoms with Crippen molar-refractivity contribution >= 4 is 0 Å². The van der Waals surface area contributed by atoms with Crippen LogP contribution in [0.5, 0.6) is 0 Å². The summed E-state index contributed by atoms with van der Waals surface area (Å²) in [6, 6.07) is 27.0. The van der Waals surface area contributed by atoms with E-state index < -0.39 is 0 Å². The van der Waals surface area contributed by atoms with Crippen LogP contribution >= 0.6 is 0 Å². The van der Waals surface area contributed by atoms with Crippen LogP contribution in [-0.2, 0) is 0 Å². The lowest BCUT2D eigenvalue weighted by Crippen LogP contribution is -1.74. The van der Waals surface area contributed by atoms with Crippen LogP contribution in [-0.4, -0.2) is 0 Å². The standard InChI is InChI=1S/2C8H10.C7H8/c2*1-7-5-3-4-6-8(7)2;1-7-5-3-2-4-6-7/h2*3-6H,1-2H3;2-6H,1H3. The van der Waals surface area contributed by atoms with Gasteiger partial charge >= 0.3 is 0 Å². The molecule has 3 aromatic rings. The van der Waals surface area contributed by atoms with Crippen LogP contribution in [0.1, 0.15) is 27.8 Å². The zero-order valence-electron chi connectivity index (χ0n) is 15.0. The molecular formula is C23H28. The maximum absolute atomic E-state index is 2.12. The molecule has 0 heteroatoms. The largest absolute Gasteiger partial charge is 0.0622 e. The van der Waals surface area contributed by atoms with Gasteiger partial charge in [-0.15, -0.1) is 0 Å². The third-order valence-electron chi connectivity index (χ3n) is 3.79. The maximum Gasteiger partial charge on any atom is -0.0395 e. The summed E-state index contributed by atoms with van der Waals surface area (Å²) in [6.45, 7) is 10.6. The van der Waals surface area contributed by atoms with Crippen molar-refractivity contribution in [1.82, 2.24) is 0 Å². The molecule has 120 valence electrons. The molecule has 0 spiro atoms. The zero-order valence-corrected chi connectivity index (χ0v) is 15.0. The molecule has 23 heavy (non-hydrogen) atoms. The second-order valence-corrected chi connectivity index (χ2v) is 5.82. The van der Waals surface area contributed by atoms with Gasteiger partial charge in [0.2, 0.25) is 0 Å². The Kier molecular flexibility index (Phi) is 8.46. The number of hydrogen-bond acceptors (Lipinski definition) is 0. The summed E-state index contributed by atoms with van der Waals surface area (Å²) in [5, 5.41) is 0. The predicted molar refractivity (Wildman–Crippen MR) is 103 cm³/mol. The van der Waals surface area contributed by atoms with Crippen molar-refractivity contribution in [2.75, 3.05) is 0 Å². The van der Waals surface area contributed by atoms with Gasteiger partial charge in [0.05, 0.1) is 0 Å². The van der Waals surface area contributed by atoms with Crippen LogP contribution in [0.15, 0.2) is 78.9 Å². The minimum atomic E-state index is 1.32. The highest BCUT2D eigenvalue weighted by Crippen LogP contribution is 2.03. The van der Waals surface area contributed by atoms with E-state index in [0.717, 1.165) is 0 Å². The molecular weight excluding hydrogens is 276 g/mol. The molecule has 0 radical (unpaired) electrons. The van der Waals surface area contributed by atoms with Crippen LogP contribution in [0, 0.1) is 34.6 Å². The van der Waals surface area contributed by atoms with E-state index in [4.69, 9.17) is 0 Å². The summed E-state index contributed by atoms with van der Waals surface area (Å²) < 4.78 is 0. The van der Waals surface area contributed by atoms with Gasteiger partial charge in [0.15, 0.2) is 0 Å². The summed E-state index contributed by atoms with van der Waals surface area (Å²) in [5.74, 6) is 0. The Balaban J connectivity index is 0.000000173. The summed E-state index contributed by atoms with van der Waals surface area (Å²) >= 11 is 0. The van der Waals surface area contributed by atoms with E-state index in [1.807, 2.05) is 18.2 Å². The first-order valence-electron chi connectivity index (χ1n) is 8.07. The van der Waals surface area contributed by atoms with Gasteiger partial charge in [0, 0.05) is 0 Å². The summed E-state index contributed by atoms with van der Waals surface area (Å²) in [4.78, 5) is 0. The lowest BCUT2D eigenvalue weighted by Gasteiger charge is -1.93. The van der Waals surface area contributed by atoms with Crippen molar-refractivity contribution in [3.63, 3.8) is 0 Å². The topological polar surface area (TPSA) is 0 Å². The average Bonchev–Trinajstić information content (AvgIpc) is 2.55. The first-order chi connectivity index (χ1) is 11.0. The van der Waals surface area contributed by atoms with Gasteiger partial charge in [-0.1, -0.05) is 84.4 Å². The summed E-state index contributed by atoms with van der Waals surface area (Å²) in [6.07, 6.45) is 0. The number of benzene rings is 3. The number of rotatable bonds is 0. The molecule has 0 aliphatic rings. The van der Waals surface area contributed by atoms with Crippen LogP contribution in [0.3, 0.4) is 0 Å². The van der Waals surface area contributed by atoms with Gasteiger partial charge in [0.25, 0.3) is 0 Å². The summed E-state index contributed by atoms with van der Waals surface area (Å²) in [7, 11) is 0. The molecule has 0 unspecified atom stereocenters. The molecule has 0 aromatic heterocycles. The van der Waals surface area contributed by atoms with Gasteiger partial charge in [-0.2, -0.15) is 0 Å². The van der Waals surface area contributed by atoms with E-state index in [9.17, 15) is 0 Å². The van der Waals surface area contributed by atoms with E-state index in [-0.39, 0.29) is 0 Å². The second kappa shape index (κ2) is 10.4. The molecule has 3 rings (SSSR count). The Morgan fingerprint density at radius 3 is 0.783 bits per heavy atom. The molecule has 0 atom stereocenters. The molecule has 0 N–H and O–H groups in total. The highest BCUT2D eigenvalue weighted by atomic mass is 13.9. The quantitative estimate of drug-likeness (QED) is 0.439. The van der Waals surface area contributed by atoms with Crippen LogP contribution in [0.2, 0.25) is 0 Å². The number of aryl methyl sites for hydroxylation is 5. The van der Waals surface area contributed by atoms with Crippen molar-refractivity contribution in [3.05, 3.63) is 107 Å². The highest BCUT2D eigenvalue weighted by Gasteiger charge is 1.84. The molecule has 0 heterocycles. The minimum Gasteiger partial charge on any atom is -0.0622 e. The molecule has 0 aliphatic carbocycles.